The Morgan fingerprint density at radius 3 is 1.89 bits per heavy atom. The largest absolute Gasteiger partial charge is 0.331 e. The fraction of sp³-hybridized carbons (Fsp3) is 0.864. The summed E-state index contributed by atoms with van der Waals surface area (Å²) < 4.78 is 0. The highest BCUT2D eigenvalue weighted by molar-refractivity contribution is 5.95. The van der Waals surface area contributed by atoms with Crippen molar-refractivity contribution in [3.63, 3.8) is 0 Å². The van der Waals surface area contributed by atoms with Gasteiger partial charge in [-0.3, -0.25) is 19.3 Å². The molecule has 3 saturated heterocycles. The first-order valence-electron chi connectivity index (χ1n) is 11.3. The molecule has 3 aliphatic heterocycles. The van der Waals surface area contributed by atoms with Crippen molar-refractivity contribution in [3.05, 3.63) is 0 Å². The molecule has 2 amide bonds. The monoisotopic (exact) mass is 391 g/mol. The molecule has 28 heavy (non-hydrogen) atoms. The molecule has 6 nitrogen and oxygen atoms in total. The van der Waals surface area contributed by atoms with Crippen molar-refractivity contribution in [1.29, 1.82) is 0 Å². The van der Waals surface area contributed by atoms with Crippen LogP contribution in [0, 0.1) is 5.92 Å². The van der Waals surface area contributed by atoms with Crippen molar-refractivity contribution < 1.29 is 14.4 Å². The number of carbonyl (C=O) groups is 3. The molecule has 3 fully saturated rings. The van der Waals surface area contributed by atoms with E-state index in [1.54, 1.807) is 4.90 Å². The third-order valence-electron chi connectivity index (χ3n) is 6.99. The molecule has 0 radical (unpaired) electrons. The van der Waals surface area contributed by atoms with Gasteiger partial charge >= 0.3 is 0 Å². The molecule has 0 saturated carbocycles. The van der Waals surface area contributed by atoms with E-state index in [4.69, 9.17) is 0 Å². The van der Waals surface area contributed by atoms with Gasteiger partial charge in [0.05, 0.1) is 12.1 Å². The normalized spacial score (nSPS) is 29.7. The Hall–Kier alpha value is -1.43. The Bertz CT molecular complexity index is 606. The maximum atomic E-state index is 13.4. The average Bonchev–Trinajstić information content (AvgIpc) is 3.44. The van der Waals surface area contributed by atoms with Crippen molar-refractivity contribution in [2.24, 2.45) is 5.92 Å². The first kappa shape index (κ1) is 21.3. The van der Waals surface area contributed by atoms with Gasteiger partial charge in [0.25, 0.3) is 0 Å². The smallest absolute Gasteiger partial charge is 0.245 e. The molecule has 0 N–H and O–H groups in total. The molecule has 158 valence electrons. The Balaban J connectivity index is 1.72. The van der Waals surface area contributed by atoms with E-state index in [0.717, 1.165) is 51.5 Å². The zero-order valence-corrected chi connectivity index (χ0v) is 18.0. The summed E-state index contributed by atoms with van der Waals surface area (Å²) in [6.07, 6.45) is 6.18. The molecule has 3 aliphatic rings. The topological polar surface area (TPSA) is 60.9 Å². The second-order valence-electron chi connectivity index (χ2n) is 9.09. The Kier molecular flexibility index (Phi) is 6.79. The van der Waals surface area contributed by atoms with Crippen LogP contribution < -0.4 is 0 Å². The van der Waals surface area contributed by atoms with Crippen LogP contribution in [0.3, 0.4) is 0 Å². The third-order valence-corrected chi connectivity index (χ3v) is 6.99. The first-order chi connectivity index (χ1) is 13.4. The quantitative estimate of drug-likeness (QED) is 0.698. The van der Waals surface area contributed by atoms with Gasteiger partial charge in [-0.25, -0.2) is 0 Å². The predicted molar refractivity (Wildman–Crippen MR) is 109 cm³/mol. The predicted octanol–water partition coefficient (Wildman–Crippen LogP) is 2.46. The SMILES string of the molecule is CCC(C)N1CCCC1C(=O)N1CCCC1C(=O)N1CCCC1C(=O)C(C)C. The second-order valence-corrected chi connectivity index (χ2v) is 9.09. The van der Waals surface area contributed by atoms with E-state index in [-0.39, 0.29) is 41.6 Å². The van der Waals surface area contributed by atoms with Gasteiger partial charge in [0.15, 0.2) is 5.78 Å². The summed E-state index contributed by atoms with van der Waals surface area (Å²) in [5, 5.41) is 0. The van der Waals surface area contributed by atoms with E-state index in [2.05, 4.69) is 18.7 Å². The number of carbonyl (C=O) groups excluding carboxylic acids is 3. The van der Waals surface area contributed by atoms with Gasteiger partial charge in [-0.2, -0.15) is 0 Å². The highest BCUT2D eigenvalue weighted by Gasteiger charge is 2.45. The Morgan fingerprint density at radius 2 is 1.29 bits per heavy atom. The zero-order valence-electron chi connectivity index (χ0n) is 18.0. The summed E-state index contributed by atoms with van der Waals surface area (Å²) in [6.45, 7) is 10.4. The summed E-state index contributed by atoms with van der Waals surface area (Å²) in [7, 11) is 0. The molecule has 0 aromatic heterocycles. The third kappa shape index (κ3) is 3.98. The lowest BCUT2D eigenvalue weighted by atomic mass is 9.99. The summed E-state index contributed by atoms with van der Waals surface area (Å²) in [5.41, 5.74) is 0. The number of hydrogen-bond donors (Lipinski definition) is 0. The molecule has 3 rings (SSSR count). The molecular weight excluding hydrogens is 354 g/mol. The van der Waals surface area contributed by atoms with Crippen molar-refractivity contribution in [2.45, 2.75) is 96.8 Å². The molecule has 3 heterocycles. The number of Topliss-reactive ketones (excluding diaryl/α,β-unsaturated/α-hetero) is 1. The van der Waals surface area contributed by atoms with E-state index in [0.29, 0.717) is 19.1 Å². The highest BCUT2D eigenvalue weighted by atomic mass is 16.2. The fourth-order valence-electron chi connectivity index (χ4n) is 5.20. The molecule has 0 aromatic rings. The van der Waals surface area contributed by atoms with Crippen LogP contribution in [-0.4, -0.2) is 76.1 Å². The molecule has 0 aromatic carbocycles. The highest BCUT2D eigenvalue weighted by Crippen LogP contribution is 2.30. The minimum atomic E-state index is -0.382. The number of ketones is 1. The molecule has 0 bridgehead atoms. The number of amides is 2. The van der Waals surface area contributed by atoms with Gasteiger partial charge in [0.1, 0.15) is 6.04 Å². The van der Waals surface area contributed by atoms with Crippen LogP contribution >= 0.6 is 0 Å². The van der Waals surface area contributed by atoms with Gasteiger partial charge in [-0.05, 0) is 58.4 Å². The van der Waals surface area contributed by atoms with Crippen LogP contribution in [0.5, 0.6) is 0 Å². The summed E-state index contributed by atoms with van der Waals surface area (Å²) in [5.74, 6) is 0.206. The Morgan fingerprint density at radius 1 is 0.786 bits per heavy atom. The minimum Gasteiger partial charge on any atom is -0.331 e. The molecular formula is C22H37N3O3. The van der Waals surface area contributed by atoms with Gasteiger partial charge in [-0.1, -0.05) is 20.8 Å². The molecule has 0 spiro atoms. The summed E-state index contributed by atoms with van der Waals surface area (Å²) in [4.78, 5) is 45.2. The fourth-order valence-corrected chi connectivity index (χ4v) is 5.20. The van der Waals surface area contributed by atoms with E-state index in [1.807, 2.05) is 18.7 Å². The Labute approximate surface area is 169 Å². The minimum absolute atomic E-state index is 0.00423. The van der Waals surface area contributed by atoms with Crippen LogP contribution in [0.1, 0.15) is 72.6 Å². The maximum Gasteiger partial charge on any atom is 0.245 e. The van der Waals surface area contributed by atoms with E-state index >= 15 is 0 Å². The molecule has 6 heteroatoms. The van der Waals surface area contributed by atoms with Gasteiger partial charge in [0, 0.05) is 25.0 Å². The van der Waals surface area contributed by atoms with Crippen LogP contribution in [0.25, 0.3) is 0 Å². The van der Waals surface area contributed by atoms with E-state index in [9.17, 15) is 14.4 Å². The molecule has 0 aliphatic carbocycles. The van der Waals surface area contributed by atoms with Gasteiger partial charge in [-0.15, -0.1) is 0 Å². The molecule has 4 unspecified atom stereocenters. The van der Waals surface area contributed by atoms with E-state index in [1.165, 1.54) is 0 Å². The number of likely N-dealkylation sites (tertiary alicyclic amines) is 3. The van der Waals surface area contributed by atoms with Crippen LogP contribution in [0.4, 0.5) is 0 Å². The van der Waals surface area contributed by atoms with Crippen molar-refractivity contribution in [3.8, 4) is 0 Å². The average molecular weight is 392 g/mol. The van der Waals surface area contributed by atoms with Crippen molar-refractivity contribution >= 4 is 17.6 Å². The number of nitrogens with zero attached hydrogens (tertiary/aromatic N) is 3. The van der Waals surface area contributed by atoms with Crippen LogP contribution in [0.2, 0.25) is 0 Å². The summed E-state index contributed by atoms with van der Waals surface area (Å²) >= 11 is 0. The van der Waals surface area contributed by atoms with Gasteiger partial charge < -0.3 is 9.80 Å². The number of rotatable bonds is 6. The van der Waals surface area contributed by atoms with E-state index < -0.39 is 0 Å². The van der Waals surface area contributed by atoms with Crippen LogP contribution in [-0.2, 0) is 14.4 Å². The lowest BCUT2D eigenvalue weighted by molar-refractivity contribution is -0.148. The summed E-state index contributed by atoms with van der Waals surface area (Å²) in [6, 6.07) is -0.379. The number of hydrogen-bond acceptors (Lipinski definition) is 4. The van der Waals surface area contributed by atoms with Crippen LogP contribution in [0.15, 0.2) is 0 Å². The zero-order chi connectivity index (χ0) is 20.4. The molecule has 4 atom stereocenters. The van der Waals surface area contributed by atoms with Gasteiger partial charge in [0.2, 0.25) is 11.8 Å². The lowest BCUT2D eigenvalue weighted by Gasteiger charge is -2.35. The van der Waals surface area contributed by atoms with Crippen molar-refractivity contribution in [2.75, 3.05) is 19.6 Å². The first-order valence-corrected chi connectivity index (χ1v) is 11.3. The lowest BCUT2D eigenvalue weighted by Crippen LogP contribution is -2.55. The maximum absolute atomic E-state index is 13.4. The van der Waals surface area contributed by atoms with Crippen molar-refractivity contribution in [1.82, 2.24) is 14.7 Å². The standard InChI is InChI=1S/C22H37N3O3/c1-5-16(4)23-12-7-10-18(23)21(27)25-14-8-11-19(25)22(28)24-13-6-9-17(24)20(26)15(2)3/h15-19H,5-14H2,1-4H3. The second kappa shape index (κ2) is 8.93.